The number of carbonyl (C=O) groups is 1. The average molecular weight is 484 g/mol. The van der Waals surface area contributed by atoms with Gasteiger partial charge in [0.15, 0.2) is 0 Å². The van der Waals surface area contributed by atoms with Crippen molar-refractivity contribution in [1.82, 2.24) is 14.5 Å². The molecule has 0 radical (unpaired) electrons. The van der Waals surface area contributed by atoms with E-state index in [0.717, 1.165) is 49.1 Å². The molecule has 1 amide bonds. The molecule has 5 fully saturated rings. The SMILES string of the molecule is C[C@@H](C(=O)NC12CC3CC(CC(C3)C1)C2)N1CCN(S(=O)(=O)c2ccc(F)c(Cl)c2)CC1. The molecule has 1 aliphatic heterocycles. The summed E-state index contributed by atoms with van der Waals surface area (Å²) in [6.07, 6.45) is 7.35. The number of hydrogen-bond acceptors (Lipinski definition) is 4. The monoisotopic (exact) mass is 483 g/mol. The van der Waals surface area contributed by atoms with Gasteiger partial charge in [0, 0.05) is 31.7 Å². The van der Waals surface area contributed by atoms with Gasteiger partial charge < -0.3 is 5.32 Å². The van der Waals surface area contributed by atoms with E-state index in [0.29, 0.717) is 13.1 Å². The number of sulfonamides is 1. The molecule has 4 saturated carbocycles. The first-order valence-corrected chi connectivity index (χ1v) is 13.5. The number of hydrogen-bond donors (Lipinski definition) is 1. The van der Waals surface area contributed by atoms with Gasteiger partial charge in [0.1, 0.15) is 5.82 Å². The molecule has 1 N–H and O–H groups in total. The van der Waals surface area contributed by atoms with Gasteiger partial charge in [-0.05, 0) is 81.4 Å². The van der Waals surface area contributed by atoms with Crippen LogP contribution in [0.1, 0.15) is 45.4 Å². The zero-order valence-electron chi connectivity index (χ0n) is 18.4. The summed E-state index contributed by atoms with van der Waals surface area (Å²) in [5, 5.41) is 3.23. The third kappa shape index (κ3) is 4.08. The van der Waals surface area contributed by atoms with E-state index in [2.05, 4.69) is 10.2 Å². The Morgan fingerprint density at radius 2 is 1.66 bits per heavy atom. The molecule has 4 bridgehead atoms. The first kappa shape index (κ1) is 22.6. The van der Waals surface area contributed by atoms with Crippen molar-refractivity contribution in [3.63, 3.8) is 0 Å². The van der Waals surface area contributed by atoms with Gasteiger partial charge >= 0.3 is 0 Å². The van der Waals surface area contributed by atoms with Crippen molar-refractivity contribution in [3.8, 4) is 0 Å². The van der Waals surface area contributed by atoms with Crippen LogP contribution in [0, 0.1) is 23.6 Å². The van der Waals surface area contributed by atoms with Gasteiger partial charge in [-0.1, -0.05) is 11.6 Å². The molecule has 6 nitrogen and oxygen atoms in total. The van der Waals surface area contributed by atoms with Gasteiger partial charge in [-0.25, -0.2) is 12.8 Å². The van der Waals surface area contributed by atoms with Crippen LogP contribution >= 0.6 is 11.6 Å². The van der Waals surface area contributed by atoms with Crippen LogP contribution in [-0.4, -0.2) is 61.3 Å². The van der Waals surface area contributed by atoms with Crippen molar-refractivity contribution in [2.45, 2.75) is 61.9 Å². The summed E-state index contributed by atoms with van der Waals surface area (Å²) in [5.74, 6) is 1.73. The third-order valence-corrected chi connectivity index (χ3v) is 10.3. The maximum absolute atomic E-state index is 13.4. The van der Waals surface area contributed by atoms with Crippen LogP contribution in [0.4, 0.5) is 4.39 Å². The Balaban J connectivity index is 1.19. The van der Waals surface area contributed by atoms with Crippen LogP contribution in [0.2, 0.25) is 5.02 Å². The largest absolute Gasteiger partial charge is 0.349 e. The second-order valence-corrected chi connectivity index (χ2v) is 12.7. The molecule has 1 saturated heterocycles. The normalized spacial score (nSPS) is 33.9. The first-order chi connectivity index (χ1) is 15.1. The summed E-state index contributed by atoms with van der Waals surface area (Å²) in [4.78, 5) is 15.2. The third-order valence-electron chi connectivity index (χ3n) is 8.16. The molecular formula is C23H31ClFN3O3S. The summed E-state index contributed by atoms with van der Waals surface area (Å²) in [6.45, 7) is 3.44. The Hall–Kier alpha value is -1.22. The van der Waals surface area contributed by atoms with Crippen LogP contribution in [0.5, 0.6) is 0 Å². The maximum atomic E-state index is 13.4. The van der Waals surface area contributed by atoms with Gasteiger partial charge in [-0.15, -0.1) is 0 Å². The summed E-state index contributed by atoms with van der Waals surface area (Å²) in [7, 11) is -3.75. The number of carbonyl (C=O) groups excluding carboxylic acids is 1. The number of nitrogens with zero attached hydrogens (tertiary/aromatic N) is 2. The molecule has 0 spiro atoms. The van der Waals surface area contributed by atoms with Gasteiger partial charge in [0.25, 0.3) is 0 Å². The number of piperazine rings is 1. The second kappa shape index (κ2) is 8.22. The second-order valence-electron chi connectivity index (χ2n) is 10.4. The maximum Gasteiger partial charge on any atom is 0.243 e. The lowest BCUT2D eigenvalue weighted by Gasteiger charge is -2.57. The van der Waals surface area contributed by atoms with Gasteiger partial charge in [0.05, 0.1) is 16.0 Å². The van der Waals surface area contributed by atoms with Crippen LogP contribution in [0.25, 0.3) is 0 Å². The fourth-order valence-electron chi connectivity index (χ4n) is 6.91. The fourth-order valence-corrected chi connectivity index (χ4v) is 8.61. The van der Waals surface area contributed by atoms with E-state index >= 15 is 0 Å². The number of halogens is 2. The lowest BCUT2D eigenvalue weighted by molar-refractivity contribution is -0.132. The van der Waals surface area contributed by atoms with E-state index in [4.69, 9.17) is 11.6 Å². The van der Waals surface area contributed by atoms with Gasteiger partial charge in [0.2, 0.25) is 15.9 Å². The Labute approximate surface area is 194 Å². The Morgan fingerprint density at radius 1 is 1.09 bits per heavy atom. The van der Waals surface area contributed by atoms with Crippen molar-refractivity contribution in [2.24, 2.45) is 17.8 Å². The molecule has 176 valence electrons. The van der Waals surface area contributed by atoms with Gasteiger partial charge in [-0.3, -0.25) is 9.69 Å². The van der Waals surface area contributed by atoms with Crippen LogP contribution in [-0.2, 0) is 14.8 Å². The van der Waals surface area contributed by atoms with E-state index in [1.54, 1.807) is 0 Å². The van der Waals surface area contributed by atoms with E-state index in [1.807, 2.05) is 6.92 Å². The highest BCUT2D eigenvalue weighted by molar-refractivity contribution is 7.89. The molecule has 0 aromatic heterocycles. The minimum Gasteiger partial charge on any atom is -0.349 e. The zero-order valence-corrected chi connectivity index (χ0v) is 20.0. The minimum atomic E-state index is -3.75. The molecule has 32 heavy (non-hydrogen) atoms. The Morgan fingerprint density at radius 3 is 2.19 bits per heavy atom. The standard InChI is InChI=1S/C23H31ClFN3O3S/c1-15(22(29)26-23-12-16-8-17(13-23)10-18(9-16)14-23)27-4-6-28(7-5-27)32(30,31)19-2-3-21(25)20(24)11-19/h2-3,11,15-18H,4-10,12-14H2,1H3,(H,26,29)/t15-,16?,17?,18?,23?/m0/s1. The van der Waals surface area contributed by atoms with Crippen molar-refractivity contribution in [2.75, 3.05) is 26.2 Å². The van der Waals surface area contributed by atoms with E-state index < -0.39 is 15.8 Å². The predicted octanol–water partition coefficient (Wildman–Crippen LogP) is 3.26. The van der Waals surface area contributed by atoms with Gasteiger partial charge in [-0.2, -0.15) is 4.31 Å². The molecule has 6 rings (SSSR count). The first-order valence-electron chi connectivity index (χ1n) is 11.7. The molecule has 5 aliphatic rings. The Kier molecular flexibility index (Phi) is 5.80. The number of rotatable bonds is 5. The summed E-state index contributed by atoms with van der Waals surface area (Å²) < 4.78 is 40.7. The summed E-state index contributed by atoms with van der Waals surface area (Å²) >= 11 is 5.78. The van der Waals surface area contributed by atoms with Crippen molar-refractivity contribution >= 4 is 27.5 Å². The zero-order chi connectivity index (χ0) is 22.7. The van der Waals surface area contributed by atoms with Crippen LogP contribution < -0.4 is 5.32 Å². The number of amides is 1. The number of nitrogens with one attached hydrogen (secondary N) is 1. The molecule has 1 aromatic carbocycles. The van der Waals surface area contributed by atoms with Crippen molar-refractivity contribution < 1.29 is 17.6 Å². The van der Waals surface area contributed by atoms with Crippen molar-refractivity contribution in [3.05, 3.63) is 29.0 Å². The molecule has 1 aromatic rings. The van der Waals surface area contributed by atoms with Crippen LogP contribution in [0.3, 0.4) is 0 Å². The number of benzene rings is 1. The molecule has 1 heterocycles. The molecule has 9 heteroatoms. The molecular weight excluding hydrogens is 453 g/mol. The average Bonchev–Trinajstić information content (AvgIpc) is 2.74. The fraction of sp³-hybridized carbons (Fsp3) is 0.696. The molecule has 1 atom stereocenters. The lowest BCUT2D eigenvalue weighted by Crippen LogP contribution is -2.63. The van der Waals surface area contributed by atoms with Crippen molar-refractivity contribution in [1.29, 1.82) is 0 Å². The lowest BCUT2D eigenvalue weighted by atomic mass is 9.53. The predicted molar refractivity (Wildman–Crippen MR) is 120 cm³/mol. The molecule has 0 unspecified atom stereocenters. The highest BCUT2D eigenvalue weighted by Gasteiger charge is 2.52. The topological polar surface area (TPSA) is 69.7 Å². The summed E-state index contributed by atoms with van der Waals surface area (Å²) in [5.41, 5.74) is -0.0207. The van der Waals surface area contributed by atoms with E-state index in [1.165, 1.54) is 29.6 Å². The molecule has 4 aliphatic carbocycles. The van der Waals surface area contributed by atoms with E-state index in [-0.39, 0.29) is 40.5 Å². The van der Waals surface area contributed by atoms with Crippen LogP contribution in [0.15, 0.2) is 23.1 Å². The highest BCUT2D eigenvalue weighted by Crippen LogP contribution is 2.55. The summed E-state index contributed by atoms with van der Waals surface area (Å²) in [6, 6.07) is 3.17. The van der Waals surface area contributed by atoms with E-state index in [9.17, 15) is 17.6 Å². The Bertz CT molecular complexity index is 974. The minimum absolute atomic E-state index is 0.00930. The smallest absolute Gasteiger partial charge is 0.243 e. The highest BCUT2D eigenvalue weighted by atomic mass is 35.5. The quantitative estimate of drug-likeness (QED) is 0.698.